The Bertz CT molecular complexity index is 1350. The van der Waals surface area contributed by atoms with Gasteiger partial charge in [0, 0.05) is 29.3 Å². The minimum absolute atomic E-state index is 0.0142. The van der Waals surface area contributed by atoms with Crippen LogP contribution in [0.3, 0.4) is 0 Å². The van der Waals surface area contributed by atoms with Gasteiger partial charge in [0.05, 0.1) is 10.6 Å². The van der Waals surface area contributed by atoms with Crippen molar-refractivity contribution in [1.29, 1.82) is 0 Å². The minimum atomic E-state index is -3.80. The molecule has 0 N–H and O–H groups in total. The number of sulfonamides is 1. The van der Waals surface area contributed by atoms with Gasteiger partial charge in [-0.25, -0.2) is 12.8 Å². The van der Waals surface area contributed by atoms with E-state index < -0.39 is 10.0 Å². The van der Waals surface area contributed by atoms with E-state index in [0.717, 1.165) is 16.0 Å². The predicted molar refractivity (Wildman–Crippen MR) is 137 cm³/mol. The monoisotopic (exact) mass is 495 g/mol. The van der Waals surface area contributed by atoms with Crippen LogP contribution in [0.2, 0.25) is 0 Å². The first-order chi connectivity index (χ1) is 16.1. The number of rotatable bonds is 7. The highest BCUT2D eigenvalue weighted by atomic mass is 32.2. The number of carbonyl (C=O) groups excluding carboxylic acids is 1. The summed E-state index contributed by atoms with van der Waals surface area (Å²) in [4.78, 5) is 12.6. The third-order valence-corrected chi connectivity index (χ3v) is 8.36. The molecular weight excluding hydrogens is 469 g/mol. The van der Waals surface area contributed by atoms with E-state index in [-0.39, 0.29) is 22.5 Å². The summed E-state index contributed by atoms with van der Waals surface area (Å²) < 4.78 is 42.1. The number of halogens is 1. The Morgan fingerprint density at radius 1 is 1.03 bits per heavy atom. The van der Waals surface area contributed by atoms with E-state index in [2.05, 4.69) is 0 Å². The average molecular weight is 496 g/mol. The summed E-state index contributed by atoms with van der Waals surface area (Å²) in [5, 5.41) is 0. The van der Waals surface area contributed by atoms with Crippen molar-refractivity contribution >= 4 is 38.6 Å². The quantitative estimate of drug-likeness (QED) is 0.311. The van der Waals surface area contributed by atoms with Crippen molar-refractivity contribution in [2.75, 3.05) is 4.31 Å². The van der Waals surface area contributed by atoms with Gasteiger partial charge in [0.2, 0.25) is 0 Å². The largest absolute Gasteiger partial charge is 0.295 e. The molecule has 0 radical (unpaired) electrons. The lowest BCUT2D eigenvalue weighted by molar-refractivity contribution is 0.101. The Morgan fingerprint density at radius 2 is 1.74 bits per heavy atom. The van der Waals surface area contributed by atoms with Gasteiger partial charge in [0.15, 0.2) is 5.78 Å². The summed E-state index contributed by atoms with van der Waals surface area (Å²) in [6.07, 6.45) is 2.37. The highest BCUT2D eigenvalue weighted by Gasteiger charge is 2.33. The van der Waals surface area contributed by atoms with E-state index >= 15 is 0 Å². The Balaban J connectivity index is 1.51. The van der Waals surface area contributed by atoms with Crippen molar-refractivity contribution in [1.82, 2.24) is 0 Å². The summed E-state index contributed by atoms with van der Waals surface area (Å²) in [5.41, 5.74) is 3.80. The molecule has 7 heteroatoms. The van der Waals surface area contributed by atoms with Crippen LogP contribution in [0, 0.1) is 5.82 Å². The second kappa shape index (κ2) is 9.76. The van der Waals surface area contributed by atoms with Gasteiger partial charge in [-0.1, -0.05) is 42.5 Å². The Labute approximate surface area is 205 Å². The third-order valence-electron chi connectivity index (χ3n) is 6.13. The van der Waals surface area contributed by atoms with E-state index in [1.165, 1.54) is 23.4 Å². The van der Waals surface area contributed by atoms with Crippen LogP contribution in [-0.2, 0) is 29.3 Å². The first kappa shape index (κ1) is 24.2. The van der Waals surface area contributed by atoms with Crippen LogP contribution >= 0.6 is 12.2 Å². The third kappa shape index (κ3) is 5.10. The Hall–Kier alpha value is -2.90. The molecule has 0 amide bonds. The fourth-order valence-corrected chi connectivity index (χ4v) is 6.42. The van der Waals surface area contributed by atoms with E-state index in [1.54, 1.807) is 36.4 Å². The zero-order chi connectivity index (χ0) is 24.5. The maximum Gasteiger partial charge on any atom is 0.264 e. The van der Waals surface area contributed by atoms with E-state index in [9.17, 15) is 17.6 Å². The van der Waals surface area contributed by atoms with Crippen molar-refractivity contribution in [3.05, 3.63) is 94.8 Å². The maximum absolute atomic E-state index is 13.7. The molecule has 176 valence electrons. The Morgan fingerprint density at radius 3 is 2.44 bits per heavy atom. The highest BCUT2D eigenvalue weighted by molar-refractivity contribution is 7.92. The summed E-state index contributed by atoms with van der Waals surface area (Å²) in [6, 6.07) is 18.3. The van der Waals surface area contributed by atoms with Crippen LogP contribution in [0.1, 0.15) is 47.3 Å². The summed E-state index contributed by atoms with van der Waals surface area (Å²) in [5.74, 6) is -0.348. The maximum atomic E-state index is 13.7. The van der Waals surface area contributed by atoms with E-state index in [0.29, 0.717) is 42.5 Å². The lowest BCUT2D eigenvalue weighted by Gasteiger charge is -2.36. The number of thiocarbonyl (C=S) groups is 1. The number of anilines is 1. The molecule has 0 bridgehead atoms. The normalized spacial score (nSPS) is 15.6. The van der Waals surface area contributed by atoms with Gasteiger partial charge in [-0.3, -0.25) is 9.10 Å². The fourth-order valence-electron chi connectivity index (χ4n) is 4.37. The lowest BCUT2D eigenvalue weighted by Crippen LogP contribution is -2.42. The zero-order valence-electron chi connectivity index (χ0n) is 19.1. The van der Waals surface area contributed by atoms with Gasteiger partial charge in [-0.05, 0) is 79.8 Å². The molecule has 0 saturated heterocycles. The van der Waals surface area contributed by atoms with Crippen LogP contribution in [0.5, 0.6) is 0 Å². The molecule has 4 nitrogen and oxygen atoms in total. The molecule has 0 fully saturated rings. The topological polar surface area (TPSA) is 54.5 Å². The molecule has 1 atom stereocenters. The van der Waals surface area contributed by atoms with Crippen molar-refractivity contribution in [3.63, 3.8) is 0 Å². The van der Waals surface area contributed by atoms with Gasteiger partial charge < -0.3 is 0 Å². The molecule has 0 spiro atoms. The summed E-state index contributed by atoms with van der Waals surface area (Å²) >= 11 is 5.56. The first-order valence-corrected chi connectivity index (χ1v) is 13.0. The van der Waals surface area contributed by atoms with Crippen LogP contribution in [-0.4, -0.2) is 25.1 Å². The smallest absolute Gasteiger partial charge is 0.264 e. The van der Waals surface area contributed by atoms with Crippen LogP contribution < -0.4 is 4.31 Å². The number of fused-ring (bicyclic) bond motifs is 1. The minimum Gasteiger partial charge on any atom is -0.295 e. The summed E-state index contributed by atoms with van der Waals surface area (Å²) in [6.45, 7) is 3.41. The second-order valence-corrected chi connectivity index (χ2v) is 11.1. The SMILES string of the molecule is CC(=O)c1cccc(CC(=S)Cc2ccc(S(=O)(=O)N3c4ccc(F)cc4CCC3C)cc2)c1. The first-order valence-electron chi connectivity index (χ1n) is 11.2. The Kier molecular flexibility index (Phi) is 6.96. The highest BCUT2D eigenvalue weighted by Crippen LogP contribution is 2.35. The van der Waals surface area contributed by atoms with E-state index in [4.69, 9.17) is 12.2 Å². The van der Waals surface area contributed by atoms with E-state index in [1.807, 2.05) is 25.1 Å². The van der Waals surface area contributed by atoms with Crippen molar-refractivity contribution < 1.29 is 17.6 Å². The molecule has 1 unspecified atom stereocenters. The number of hydrogen-bond donors (Lipinski definition) is 0. The molecule has 34 heavy (non-hydrogen) atoms. The molecule has 3 aromatic carbocycles. The molecule has 1 aliphatic rings. The molecule has 0 aromatic heterocycles. The number of Topliss-reactive ketones (excluding diaryl/α,β-unsaturated/α-hetero) is 1. The fraction of sp³-hybridized carbons (Fsp3) is 0.259. The zero-order valence-corrected chi connectivity index (χ0v) is 20.8. The number of hydrogen-bond acceptors (Lipinski definition) is 4. The molecular formula is C27H26FNO3S2. The van der Waals surface area contributed by atoms with Crippen molar-refractivity contribution in [3.8, 4) is 0 Å². The number of ketones is 1. The molecule has 4 rings (SSSR count). The van der Waals surface area contributed by atoms with Crippen LogP contribution in [0.15, 0.2) is 71.6 Å². The lowest BCUT2D eigenvalue weighted by atomic mass is 9.99. The van der Waals surface area contributed by atoms with Crippen LogP contribution in [0.25, 0.3) is 0 Å². The number of carbonyl (C=O) groups is 1. The number of nitrogens with zero attached hydrogens (tertiary/aromatic N) is 1. The molecule has 1 heterocycles. The number of benzene rings is 3. The van der Waals surface area contributed by atoms with Gasteiger partial charge in [-0.2, -0.15) is 0 Å². The molecule has 3 aromatic rings. The average Bonchev–Trinajstić information content (AvgIpc) is 2.79. The number of aryl methyl sites for hydroxylation is 1. The standard InChI is InChI=1S/C27H26FNO3S2/c1-18-6-9-23-17-24(28)10-13-27(23)29(18)34(31,32)26-11-7-20(8-12-26)15-25(33)16-21-4-3-5-22(14-21)19(2)30/h3-5,7-8,10-14,17-18H,6,9,15-16H2,1-2H3. The van der Waals surface area contributed by atoms with Gasteiger partial charge in [0.25, 0.3) is 10.0 Å². The van der Waals surface area contributed by atoms with Gasteiger partial charge in [0.1, 0.15) is 5.82 Å². The van der Waals surface area contributed by atoms with Crippen molar-refractivity contribution in [2.24, 2.45) is 0 Å². The van der Waals surface area contributed by atoms with Crippen LogP contribution in [0.4, 0.5) is 10.1 Å². The van der Waals surface area contributed by atoms with Gasteiger partial charge in [-0.15, -0.1) is 0 Å². The molecule has 0 aliphatic carbocycles. The summed E-state index contributed by atoms with van der Waals surface area (Å²) in [7, 11) is -3.80. The predicted octanol–water partition coefficient (Wildman–Crippen LogP) is 5.71. The molecule has 0 saturated carbocycles. The molecule has 1 aliphatic heterocycles. The van der Waals surface area contributed by atoms with Gasteiger partial charge >= 0.3 is 0 Å². The van der Waals surface area contributed by atoms with Crippen molar-refractivity contribution in [2.45, 2.75) is 50.5 Å². The second-order valence-electron chi connectivity index (χ2n) is 8.75.